The maximum absolute atomic E-state index is 12.7. The summed E-state index contributed by atoms with van der Waals surface area (Å²) in [5.41, 5.74) is 0. The van der Waals surface area contributed by atoms with Gasteiger partial charge in [-0.25, -0.2) is 9.97 Å². The zero-order valence-corrected chi connectivity index (χ0v) is 14.5. The van der Waals surface area contributed by atoms with Crippen molar-refractivity contribution in [2.24, 2.45) is 0 Å². The molecule has 0 aliphatic carbocycles. The van der Waals surface area contributed by atoms with Crippen LogP contribution in [0.4, 0.5) is 0 Å². The molecule has 9 heteroatoms. The minimum atomic E-state index is -0.884. The lowest BCUT2D eigenvalue weighted by Gasteiger charge is -2.24. The number of rotatable bonds is 8. The van der Waals surface area contributed by atoms with Crippen LogP contribution in [0.3, 0.4) is 0 Å². The van der Waals surface area contributed by atoms with Crippen molar-refractivity contribution in [1.82, 2.24) is 20.2 Å². The van der Waals surface area contributed by atoms with Crippen molar-refractivity contribution >= 4 is 17.8 Å². The number of ether oxygens (including phenoxy) is 1. The number of furan rings is 1. The first kappa shape index (κ1) is 19.1. The lowest BCUT2D eigenvalue weighted by Crippen LogP contribution is -2.48. The Morgan fingerprint density at radius 1 is 1.27 bits per heavy atom. The van der Waals surface area contributed by atoms with E-state index in [4.69, 9.17) is 9.15 Å². The molecule has 9 nitrogen and oxygen atoms in total. The number of nitrogens with one attached hydrogen (secondary N) is 1. The van der Waals surface area contributed by atoms with Crippen molar-refractivity contribution in [3.63, 3.8) is 0 Å². The molecule has 0 radical (unpaired) electrons. The highest BCUT2D eigenvalue weighted by atomic mass is 16.5. The van der Waals surface area contributed by atoms with E-state index in [1.54, 1.807) is 19.1 Å². The van der Waals surface area contributed by atoms with Crippen molar-refractivity contribution in [3.05, 3.63) is 48.4 Å². The summed E-state index contributed by atoms with van der Waals surface area (Å²) >= 11 is 0. The Balaban J connectivity index is 2.07. The van der Waals surface area contributed by atoms with Crippen LogP contribution in [0.1, 0.15) is 30.2 Å². The third-order valence-corrected chi connectivity index (χ3v) is 3.35. The first-order valence-electron chi connectivity index (χ1n) is 8.06. The Morgan fingerprint density at radius 2 is 2.00 bits per heavy atom. The highest BCUT2D eigenvalue weighted by Crippen LogP contribution is 2.05. The van der Waals surface area contributed by atoms with E-state index >= 15 is 0 Å². The van der Waals surface area contributed by atoms with Crippen molar-refractivity contribution in [2.45, 2.75) is 26.4 Å². The summed E-state index contributed by atoms with van der Waals surface area (Å²) in [5, 5.41) is 2.54. The standard InChI is InChI=1S/C17H20N4O5/c1-3-25-15(22)11-21(10-14-18-7-5-8-19-14)17(24)12(2)20-16(23)13-6-4-9-26-13/h4-9,12H,3,10-11H2,1-2H3,(H,20,23)/t12-/m1/s1. The van der Waals surface area contributed by atoms with Gasteiger partial charge >= 0.3 is 5.97 Å². The number of carbonyl (C=O) groups is 3. The van der Waals surface area contributed by atoms with E-state index in [2.05, 4.69) is 15.3 Å². The molecule has 2 amide bonds. The molecule has 0 aliphatic heterocycles. The monoisotopic (exact) mass is 360 g/mol. The van der Waals surface area contributed by atoms with Gasteiger partial charge in [0, 0.05) is 12.4 Å². The van der Waals surface area contributed by atoms with Crippen molar-refractivity contribution in [3.8, 4) is 0 Å². The summed E-state index contributed by atoms with van der Waals surface area (Å²) in [6, 6.07) is 3.82. The molecule has 2 aromatic heterocycles. The van der Waals surface area contributed by atoms with Crippen LogP contribution in [0.2, 0.25) is 0 Å². The van der Waals surface area contributed by atoms with E-state index in [1.165, 1.54) is 36.5 Å². The summed E-state index contributed by atoms with van der Waals surface area (Å²) in [6.45, 7) is 3.14. The van der Waals surface area contributed by atoms with Crippen LogP contribution in [0.15, 0.2) is 41.3 Å². The van der Waals surface area contributed by atoms with Gasteiger partial charge in [-0.1, -0.05) is 0 Å². The highest BCUT2D eigenvalue weighted by Gasteiger charge is 2.26. The van der Waals surface area contributed by atoms with E-state index in [-0.39, 0.29) is 25.5 Å². The molecule has 0 unspecified atom stereocenters. The second-order valence-electron chi connectivity index (χ2n) is 5.34. The Morgan fingerprint density at radius 3 is 2.62 bits per heavy atom. The number of aromatic nitrogens is 2. The number of carbonyl (C=O) groups excluding carboxylic acids is 3. The molecule has 0 fully saturated rings. The van der Waals surface area contributed by atoms with Crippen LogP contribution in [0.25, 0.3) is 0 Å². The molecule has 2 aromatic rings. The van der Waals surface area contributed by atoms with Crippen LogP contribution >= 0.6 is 0 Å². The molecule has 26 heavy (non-hydrogen) atoms. The van der Waals surface area contributed by atoms with Crippen LogP contribution < -0.4 is 5.32 Å². The number of nitrogens with zero attached hydrogens (tertiary/aromatic N) is 3. The molecule has 0 saturated heterocycles. The molecule has 0 spiro atoms. The Labute approximate surface area is 150 Å². The zero-order chi connectivity index (χ0) is 18.9. The minimum Gasteiger partial charge on any atom is -0.465 e. The smallest absolute Gasteiger partial charge is 0.325 e. The highest BCUT2D eigenvalue weighted by molar-refractivity contribution is 5.95. The molecule has 2 heterocycles. The van der Waals surface area contributed by atoms with Crippen molar-refractivity contribution in [1.29, 1.82) is 0 Å². The van der Waals surface area contributed by atoms with Gasteiger partial charge in [-0.15, -0.1) is 0 Å². The Bertz CT molecular complexity index is 733. The van der Waals surface area contributed by atoms with E-state index < -0.39 is 23.8 Å². The normalized spacial score (nSPS) is 11.5. The summed E-state index contributed by atoms with van der Waals surface area (Å²) < 4.78 is 9.90. The van der Waals surface area contributed by atoms with Gasteiger partial charge in [0.25, 0.3) is 5.91 Å². The van der Waals surface area contributed by atoms with Crippen LogP contribution in [0, 0.1) is 0 Å². The van der Waals surface area contributed by atoms with Gasteiger partial charge in [-0.3, -0.25) is 14.4 Å². The fraction of sp³-hybridized carbons (Fsp3) is 0.353. The molecule has 1 atom stereocenters. The Hall–Kier alpha value is -3.23. The lowest BCUT2D eigenvalue weighted by molar-refractivity contribution is -0.149. The largest absolute Gasteiger partial charge is 0.465 e. The van der Waals surface area contributed by atoms with E-state index in [9.17, 15) is 14.4 Å². The quantitative estimate of drug-likeness (QED) is 0.692. The van der Waals surface area contributed by atoms with Gasteiger partial charge in [-0.2, -0.15) is 0 Å². The van der Waals surface area contributed by atoms with Crippen molar-refractivity contribution in [2.75, 3.05) is 13.2 Å². The molecule has 1 N–H and O–H groups in total. The van der Waals surface area contributed by atoms with Crippen LogP contribution in [-0.4, -0.2) is 51.8 Å². The zero-order valence-electron chi connectivity index (χ0n) is 14.5. The summed E-state index contributed by atoms with van der Waals surface area (Å²) in [5.74, 6) is -1.09. The predicted octanol–water partition coefficient (Wildman–Crippen LogP) is 0.780. The maximum Gasteiger partial charge on any atom is 0.325 e. The second-order valence-corrected chi connectivity index (χ2v) is 5.34. The fourth-order valence-corrected chi connectivity index (χ4v) is 2.17. The summed E-state index contributed by atoms with van der Waals surface area (Å²) in [4.78, 5) is 45.9. The third-order valence-electron chi connectivity index (χ3n) is 3.35. The number of hydrogen-bond acceptors (Lipinski definition) is 7. The lowest BCUT2D eigenvalue weighted by atomic mass is 10.2. The topological polar surface area (TPSA) is 115 Å². The SMILES string of the molecule is CCOC(=O)CN(Cc1ncccn1)C(=O)[C@@H](C)NC(=O)c1ccco1. The van der Waals surface area contributed by atoms with Crippen molar-refractivity contribution < 1.29 is 23.5 Å². The van der Waals surface area contributed by atoms with Crippen LogP contribution in [0.5, 0.6) is 0 Å². The van der Waals surface area contributed by atoms with E-state index in [1.807, 2.05) is 0 Å². The molecule has 0 aliphatic rings. The van der Waals surface area contributed by atoms with Gasteiger partial charge in [0.1, 0.15) is 18.4 Å². The van der Waals surface area contributed by atoms with Gasteiger partial charge in [0.15, 0.2) is 5.76 Å². The molecule has 0 aromatic carbocycles. The fourth-order valence-electron chi connectivity index (χ4n) is 2.17. The van der Waals surface area contributed by atoms with Gasteiger partial charge in [0.05, 0.1) is 19.4 Å². The molecule has 0 saturated carbocycles. The van der Waals surface area contributed by atoms with Gasteiger partial charge < -0.3 is 19.4 Å². The average Bonchev–Trinajstić information content (AvgIpc) is 3.16. The van der Waals surface area contributed by atoms with E-state index in [0.29, 0.717) is 5.82 Å². The number of hydrogen-bond donors (Lipinski definition) is 1. The van der Waals surface area contributed by atoms with Crippen LogP contribution in [-0.2, 0) is 20.9 Å². The maximum atomic E-state index is 12.7. The molecular formula is C17H20N4O5. The third kappa shape index (κ3) is 5.40. The Kier molecular flexibility index (Phi) is 6.84. The number of esters is 1. The number of amides is 2. The molecule has 0 bridgehead atoms. The van der Waals surface area contributed by atoms with E-state index in [0.717, 1.165) is 0 Å². The minimum absolute atomic E-state index is 0.0133. The first-order chi connectivity index (χ1) is 12.5. The second kappa shape index (κ2) is 9.30. The molecular weight excluding hydrogens is 340 g/mol. The summed E-state index contributed by atoms with van der Waals surface area (Å²) in [6.07, 6.45) is 4.44. The first-order valence-corrected chi connectivity index (χ1v) is 8.06. The molecule has 138 valence electrons. The average molecular weight is 360 g/mol. The summed E-state index contributed by atoms with van der Waals surface area (Å²) in [7, 11) is 0. The molecule has 2 rings (SSSR count). The van der Waals surface area contributed by atoms with Gasteiger partial charge in [0.2, 0.25) is 5.91 Å². The van der Waals surface area contributed by atoms with Gasteiger partial charge in [-0.05, 0) is 32.0 Å². The predicted molar refractivity (Wildman–Crippen MR) is 89.7 cm³/mol.